The van der Waals surface area contributed by atoms with Crippen molar-refractivity contribution in [1.82, 2.24) is 0 Å². The topological polar surface area (TPSA) is 116 Å². The number of ether oxygens (including phenoxy) is 1. The standard InChI is InChI=1S/C18H17Cl2N3O4/c19-11-8-13(17(22)14(20)9-11)18(26)27-10-16(25)23(7-6-15(21)24)12-4-2-1-3-5-12/h1-5,8-9H,6-7,10,22H2,(H2,21,24). The Kier molecular flexibility index (Phi) is 7.04. The Morgan fingerprint density at radius 1 is 1.07 bits per heavy atom. The molecule has 0 aliphatic heterocycles. The number of hydrogen-bond donors (Lipinski definition) is 2. The summed E-state index contributed by atoms with van der Waals surface area (Å²) in [5.41, 5.74) is 11.4. The number of nitrogens with zero attached hydrogens (tertiary/aromatic N) is 1. The quantitative estimate of drug-likeness (QED) is 0.538. The van der Waals surface area contributed by atoms with E-state index >= 15 is 0 Å². The van der Waals surface area contributed by atoms with Gasteiger partial charge in [0.15, 0.2) is 6.61 Å². The van der Waals surface area contributed by atoms with Crippen LogP contribution in [0.4, 0.5) is 11.4 Å². The van der Waals surface area contributed by atoms with E-state index in [0.29, 0.717) is 5.69 Å². The second-order valence-electron chi connectivity index (χ2n) is 5.52. The van der Waals surface area contributed by atoms with Gasteiger partial charge in [0.1, 0.15) is 0 Å². The largest absolute Gasteiger partial charge is 0.452 e. The van der Waals surface area contributed by atoms with Crippen molar-refractivity contribution in [2.75, 3.05) is 23.8 Å². The van der Waals surface area contributed by atoms with Crippen LogP contribution in [0.5, 0.6) is 0 Å². The van der Waals surface area contributed by atoms with Crippen molar-refractivity contribution in [3.05, 3.63) is 58.1 Å². The van der Waals surface area contributed by atoms with E-state index in [4.69, 9.17) is 39.4 Å². The summed E-state index contributed by atoms with van der Waals surface area (Å²) < 4.78 is 5.05. The molecule has 0 heterocycles. The molecule has 0 aliphatic rings. The molecule has 0 unspecified atom stereocenters. The SMILES string of the molecule is NC(=O)CCN(C(=O)COC(=O)c1cc(Cl)cc(Cl)c1N)c1ccccc1. The van der Waals surface area contributed by atoms with Gasteiger partial charge in [0.05, 0.1) is 16.3 Å². The molecule has 4 N–H and O–H groups in total. The second-order valence-corrected chi connectivity index (χ2v) is 6.37. The Morgan fingerprint density at radius 2 is 1.74 bits per heavy atom. The molecule has 7 nitrogen and oxygen atoms in total. The predicted molar refractivity (Wildman–Crippen MR) is 104 cm³/mol. The average Bonchev–Trinajstić information content (AvgIpc) is 2.63. The molecule has 0 atom stereocenters. The van der Waals surface area contributed by atoms with E-state index in [1.807, 2.05) is 0 Å². The van der Waals surface area contributed by atoms with E-state index < -0.39 is 24.4 Å². The molecular weight excluding hydrogens is 393 g/mol. The fraction of sp³-hybridized carbons (Fsp3) is 0.167. The maximum absolute atomic E-state index is 12.5. The van der Waals surface area contributed by atoms with Gasteiger partial charge in [0.25, 0.3) is 5.91 Å². The molecular formula is C18H17Cl2N3O4. The predicted octanol–water partition coefficient (Wildman–Crippen LogP) is 2.64. The van der Waals surface area contributed by atoms with Gasteiger partial charge >= 0.3 is 5.97 Å². The molecule has 9 heteroatoms. The highest BCUT2D eigenvalue weighted by molar-refractivity contribution is 6.37. The summed E-state index contributed by atoms with van der Waals surface area (Å²) >= 11 is 11.8. The number of anilines is 2. The van der Waals surface area contributed by atoms with Crippen LogP contribution in [0.25, 0.3) is 0 Å². The van der Waals surface area contributed by atoms with Crippen LogP contribution in [0.1, 0.15) is 16.8 Å². The van der Waals surface area contributed by atoms with Crippen molar-refractivity contribution >= 4 is 52.4 Å². The van der Waals surface area contributed by atoms with E-state index in [-0.39, 0.29) is 34.3 Å². The lowest BCUT2D eigenvalue weighted by Crippen LogP contribution is -2.37. The first kappa shape index (κ1) is 20.5. The van der Waals surface area contributed by atoms with Gasteiger partial charge in [0.2, 0.25) is 5.91 Å². The molecule has 2 aromatic rings. The van der Waals surface area contributed by atoms with Crippen LogP contribution >= 0.6 is 23.2 Å². The molecule has 27 heavy (non-hydrogen) atoms. The van der Waals surface area contributed by atoms with E-state index in [1.165, 1.54) is 17.0 Å². The van der Waals surface area contributed by atoms with Gasteiger partial charge in [-0.15, -0.1) is 0 Å². The minimum Gasteiger partial charge on any atom is -0.452 e. The van der Waals surface area contributed by atoms with Gasteiger partial charge in [-0.3, -0.25) is 9.59 Å². The fourth-order valence-electron chi connectivity index (χ4n) is 2.26. The minimum atomic E-state index is -0.840. The monoisotopic (exact) mass is 409 g/mol. The minimum absolute atomic E-state index is 0.00663. The highest BCUT2D eigenvalue weighted by atomic mass is 35.5. The van der Waals surface area contributed by atoms with Gasteiger partial charge in [-0.05, 0) is 24.3 Å². The summed E-state index contributed by atoms with van der Waals surface area (Å²) in [4.78, 5) is 37.1. The van der Waals surface area contributed by atoms with Gasteiger partial charge < -0.3 is 21.1 Å². The Balaban J connectivity index is 2.11. The summed E-state index contributed by atoms with van der Waals surface area (Å²) in [7, 11) is 0. The Bertz CT molecular complexity index is 859. The molecule has 2 aromatic carbocycles. The molecule has 0 radical (unpaired) electrons. The molecule has 0 aliphatic carbocycles. The van der Waals surface area contributed by atoms with Gasteiger partial charge in [-0.25, -0.2) is 4.79 Å². The molecule has 0 bridgehead atoms. The number of nitrogen functional groups attached to an aromatic ring is 1. The molecule has 0 saturated heterocycles. The number of halogens is 2. The van der Waals surface area contributed by atoms with Gasteiger partial charge in [-0.2, -0.15) is 0 Å². The van der Waals surface area contributed by atoms with E-state index in [2.05, 4.69) is 0 Å². The number of hydrogen-bond acceptors (Lipinski definition) is 5. The molecule has 0 saturated carbocycles. The lowest BCUT2D eigenvalue weighted by Gasteiger charge is -2.22. The molecule has 0 spiro atoms. The van der Waals surface area contributed by atoms with Crippen molar-refractivity contribution in [3.63, 3.8) is 0 Å². The maximum Gasteiger partial charge on any atom is 0.340 e. The van der Waals surface area contributed by atoms with Crippen molar-refractivity contribution in [2.24, 2.45) is 5.73 Å². The normalized spacial score (nSPS) is 10.3. The van der Waals surface area contributed by atoms with Crippen LogP contribution < -0.4 is 16.4 Å². The highest BCUT2D eigenvalue weighted by Crippen LogP contribution is 2.28. The number of rotatable bonds is 7. The van der Waals surface area contributed by atoms with Crippen LogP contribution in [-0.4, -0.2) is 30.9 Å². The van der Waals surface area contributed by atoms with E-state index in [9.17, 15) is 14.4 Å². The number of nitrogens with two attached hydrogens (primary N) is 2. The number of primary amides is 1. The van der Waals surface area contributed by atoms with Crippen LogP contribution in [0, 0.1) is 0 Å². The van der Waals surface area contributed by atoms with Crippen LogP contribution in [0.3, 0.4) is 0 Å². The summed E-state index contributed by atoms with van der Waals surface area (Å²) in [6.45, 7) is -0.503. The van der Waals surface area contributed by atoms with E-state index in [1.54, 1.807) is 30.3 Å². The number of esters is 1. The summed E-state index contributed by atoms with van der Waals surface area (Å²) in [5, 5.41) is 0.313. The van der Waals surface area contributed by atoms with E-state index in [0.717, 1.165) is 0 Å². The zero-order chi connectivity index (χ0) is 20.0. The first-order chi connectivity index (χ1) is 12.8. The first-order valence-electron chi connectivity index (χ1n) is 7.85. The summed E-state index contributed by atoms with van der Waals surface area (Å²) in [5.74, 6) is -1.92. The van der Waals surface area contributed by atoms with Crippen LogP contribution in [0.15, 0.2) is 42.5 Å². The lowest BCUT2D eigenvalue weighted by molar-refractivity contribution is -0.121. The Labute approximate surface area is 165 Å². The maximum atomic E-state index is 12.5. The van der Waals surface area contributed by atoms with Gasteiger partial charge in [0, 0.05) is 23.7 Å². The van der Waals surface area contributed by atoms with Crippen LogP contribution in [0.2, 0.25) is 10.0 Å². The molecule has 0 aromatic heterocycles. The number of carbonyl (C=O) groups excluding carboxylic acids is 3. The third kappa shape index (κ3) is 5.60. The zero-order valence-corrected chi connectivity index (χ0v) is 15.7. The third-order valence-corrected chi connectivity index (χ3v) is 4.12. The van der Waals surface area contributed by atoms with Crippen molar-refractivity contribution in [2.45, 2.75) is 6.42 Å². The van der Waals surface area contributed by atoms with Crippen molar-refractivity contribution in [3.8, 4) is 0 Å². The average molecular weight is 410 g/mol. The number of para-hydroxylation sites is 1. The second kappa shape index (κ2) is 9.25. The smallest absolute Gasteiger partial charge is 0.340 e. The van der Waals surface area contributed by atoms with Crippen molar-refractivity contribution < 1.29 is 19.1 Å². The van der Waals surface area contributed by atoms with Crippen LogP contribution in [-0.2, 0) is 14.3 Å². The number of carbonyl (C=O) groups is 3. The summed E-state index contributed by atoms with van der Waals surface area (Å²) in [6.07, 6.45) is -0.0363. The first-order valence-corrected chi connectivity index (χ1v) is 8.60. The zero-order valence-electron chi connectivity index (χ0n) is 14.2. The number of benzene rings is 2. The Hall–Kier alpha value is -2.77. The lowest BCUT2D eigenvalue weighted by atomic mass is 10.2. The molecule has 142 valence electrons. The Morgan fingerprint density at radius 3 is 2.37 bits per heavy atom. The van der Waals surface area contributed by atoms with Crippen molar-refractivity contribution in [1.29, 1.82) is 0 Å². The number of amides is 2. The molecule has 2 amide bonds. The molecule has 0 fully saturated rings. The fourth-order valence-corrected chi connectivity index (χ4v) is 2.76. The highest BCUT2D eigenvalue weighted by Gasteiger charge is 2.20. The summed E-state index contributed by atoms with van der Waals surface area (Å²) in [6, 6.07) is 11.3. The van der Waals surface area contributed by atoms with Gasteiger partial charge in [-0.1, -0.05) is 41.4 Å². The third-order valence-electron chi connectivity index (χ3n) is 3.59. The molecule has 2 rings (SSSR count).